The van der Waals surface area contributed by atoms with Crippen LogP contribution >= 0.6 is 28.3 Å². The largest absolute Gasteiger partial charge is 0.497 e. The van der Waals surface area contributed by atoms with Gasteiger partial charge in [0.05, 0.1) is 23.5 Å². The Kier molecular flexibility index (Phi) is 6.84. The Balaban J connectivity index is 0.00000243. The number of fused-ring (bicyclic) bond motifs is 1. The molecular weight excluding hydrogens is 416 g/mol. The van der Waals surface area contributed by atoms with Crippen molar-refractivity contribution in [2.75, 3.05) is 12.4 Å². The van der Waals surface area contributed by atoms with Crippen LogP contribution in [0.4, 0.5) is 0 Å². The van der Waals surface area contributed by atoms with Gasteiger partial charge in [0.25, 0.3) is 0 Å². The Hall–Kier alpha value is -1.85. The first-order valence-corrected chi connectivity index (χ1v) is 9.39. The number of aromatic nitrogens is 2. The standard InChI is InChI=1S/C20H21BrN2O2.ClH/c1-13(2)12-23-18-8-7-14(19(24)11-21)10-17(18)22-20(23)15-5-4-6-16(9-15)25-3;/h4-10,13H,11-12H2,1-3H3;1H. The van der Waals surface area contributed by atoms with Gasteiger partial charge in [0, 0.05) is 17.7 Å². The number of imidazole rings is 1. The summed E-state index contributed by atoms with van der Waals surface area (Å²) in [6, 6.07) is 13.6. The lowest BCUT2D eigenvalue weighted by Gasteiger charge is -2.12. The van der Waals surface area contributed by atoms with Gasteiger partial charge in [0.1, 0.15) is 11.6 Å². The Morgan fingerprint density at radius 3 is 2.65 bits per heavy atom. The Morgan fingerprint density at radius 1 is 1.23 bits per heavy atom. The molecule has 3 rings (SSSR count). The van der Waals surface area contributed by atoms with Gasteiger partial charge in [0.15, 0.2) is 5.78 Å². The molecule has 0 aliphatic rings. The number of carbonyl (C=O) groups excluding carboxylic acids is 1. The molecule has 0 aliphatic carbocycles. The van der Waals surface area contributed by atoms with Gasteiger partial charge in [-0.1, -0.05) is 41.9 Å². The third-order valence-corrected chi connectivity index (χ3v) is 4.58. The number of ether oxygens (including phenoxy) is 1. The molecule has 26 heavy (non-hydrogen) atoms. The first-order valence-electron chi connectivity index (χ1n) is 8.27. The van der Waals surface area contributed by atoms with Gasteiger partial charge in [-0.05, 0) is 36.2 Å². The maximum Gasteiger partial charge on any atom is 0.173 e. The van der Waals surface area contributed by atoms with Gasteiger partial charge < -0.3 is 9.30 Å². The summed E-state index contributed by atoms with van der Waals surface area (Å²) < 4.78 is 7.57. The second-order valence-corrected chi connectivity index (χ2v) is 6.99. The topological polar surface area (TPSA) is 44.1 Å². The zero-order chi connectivity index (χ0) is 18.0. The number of hydrogen-bond donors (Lipinski definition) is 0. The summed E-state index contributed by atoms with van der Waals surface area (Å²) in [5.74, 6) is 2.23. The van der Waals surface area contributed by atoms with Crippen molar-refractivity contribution in [2.45, 2.75) is 20.4 Å². The molecule has 0 atom stereocenters. The van der Waals surface area contributed by atoms with Crippen LogP contribution in [-0.2, 0) is 6.54 Å². The Morgan fingerprint density at radius 2 is 2.00 bits per heavy atom. The van der Waals surface area contributed by atoms with Crippen LogP contribution in [0.2, 0.25) is 0 Å². The van der Waals surface area contributed by atoms with Crippen molar-refractivity contribution >= 4 is 45.2 Å². The van der Waals surface area contributed by atoms with Crippen LogP contribution in [0.3, 0.4) is 0 Å². The third-order valence-electron chi connectivity index (χ3n) is 4.07. The maximum atomic E-state index is 12.0. The van der Waals surface area contributed by atoms with Crippen molar-refractivity contribution in [1.82, 2.24) is 9.55 Å². The van der Waals surface area contributed by atoms with Crippen LogP contribution < -0.4 is 4.74 Å². The van der Waals surface area contributed by atoms with Gasteiger partial charge in [-0.2, -0.15) is 0 Å². The van der Waals surface area contributed by atoms with E-state index in [2.05, 4.69) is 34.3 Å². The van der Waals surface area contributed by atoms with E-state index >= 15 is 0 Å². The number of ketones is 1. The average molecular weight is 438 g/mol. The van der Waals surface area contributed by atoms with Crippen molar-refractivity contribution in [3.63, 3.8) is 0 Å². The van der Waals surface area contributed by atoms with E-state index in [1.54, 1.807) is 7.11 Å². The molecule has 3 aromatic rings. The summed E-state index contributed by atoms with van der Waals surface area (Å²) in [7, 11) is 1.66. The molecule has 6 heteroatoms. The van der Waals surface area contributed by atoms with E-state index in [1.165, 1.54) is 0 Å². The highest BCUT2D eigenvalue weighted by Crippen LogP contribution is 2.29. The third kappa shape index (κ3) is 4.10. The lowest BCUT2D eigenvalue weighted by Crippen LogP contribution is -2.06. The molecule has 1 heterocycles. The number of benzene rings is 2. The highest BCUT2D eigenvalue weighted by molar-refractivity contribution is 9.09. The average Bonchev–Trinajstić information content (AvgIpc) is 2.98. The van der Waals surface area contributed by atoms with E-state index in [0.29, 0.717) is 16.8 Å². The molecule has 0 fully saturated rings. The second kappa shape index (κ2) is 8.69. The molecule has 0 amide bonds. The van der Waals surface area contributed by atoms with Crippen LogP contribution in [0.25, 0.3) is 22.4 Å². The van der Waals surface area contributed by atoms with Gasteiger partial charge in [-0.3, -0.25) is 4.79 Å². The van der Waals surface area contributed by atoms with Crippen LogP contribution in [0.15, 0.2) is 42.5 Å². The summed E-state index contributed by atoms with van der Waals surface area (Å²) in [6.45, 7) is 5.22. The fourth-order valence-electron chi connectivity index (χ4n) is 2.91. The number of Topliss-reactive ketones (excluding diaryl/α,β-unsaturated/α-hetero) is 1. The Labute approximate surface area is 168 Å². The van der Waals surface area contributed by atoms with E-state index in [-0.39, 0.29) is 18.2 Å². The van der Waals surface area contributed by atoms with Crippen molar-refractivity contribution in [3.8, 4) is 17.1 Å². The number of nitrogens with zero attached hydrogens (tertiary/aromatic N) is 2. The number of hydrogen-bond acceptors (Lipinski definition) is 3. The summed E-state index contributed by atoms with van der Waals surface area (Å²) >= 11 is 3.23. The second-order valence-electron chi connectivity index (χ2n) is 6.43. The minimum atomic E-state index is 0. The molecule has 0 N–H and O–H groups in total. The first kappa shape index (κ1) is 20.5. The number of alkyl halides is 1. The summed E-state index contributed by atoms with van der Waals surface area (Å²) in [5, 5.41) is 0.313. The Bertz CT molecular complexity index is 921. The molecule has 0 bridgehead atoms. The lowest BCUT2D eigenvalue weighted by molar-refractivity contribution is 0.102. The van der Waals surface area contributed by atoms with E-state index in [4.69, 9.17) is 9.72 Å². The van der Waals surface area contributed by atoms with E-state index < -0.39 is 0 Å². The van der Waals surface area contributed by atoms with E-state index in [1.807, 2.05) is 42.5 Å². The van der Waals surface area contributed by atoms with Crippen molar-refractivity contribution in [2.24, 2.45) is 5.92 Å². The lowest BCUT2D eigenvalue weighted by atomic mass is 10.1. The van der Waals surface area contributed by atoms with Crippen LogP contribution in [0.1, 0.15) is 24.2 Å². The van der Waals surface area contributed by atoms with E-state index in [0.717, 1.165) is 34.7 Å². The number of halogens is 2. The van der Waals surface area contributed by atoms with Gasteiger partial charge in [0.2, 0.25) is 0 Å². The number of methoxy groups -OCH3 is 1. The summed E-state index contributed by atoms with van der Waals surface area (Å²) in [5.41, 5.74) is 3.56. The fourth-order valence-corrected chi connectivity index (χ4v) is 3.24. The molecule has 138 valence electrons. The summed E-state index contributed by atoms with van der Waals surface area (Å²) in [6.07, 6.45) is 0. The number of rotatable bonds is 6. The van der Waals surface area contributed by atoms with Gasteiger partial charge >= 0.3 is 0 Å². The molecular formula is C20H22BrClN2O2. The molecule has 1 aromatic heterocycles. The molecule has 0 radical (unpaired) electrons. The molecule has 4 nitrogen and oxygen atoms in total. The minimum Gasteiger partial charge on any atom is -0.497 e. The van der Waals surface area contributed by atoms with Gasteiger partial charge in [-0.25, -0.2) is 4.98 Å². The molecule has 2 aromatic carbocycles. The maximum absolute atomic E-state index is 12.0. The highest BCUT2D eigenvalue weighted by atomic mass is 79.9. The molecule has 0 saturated carbocycles. The van der Waals surface area contributed by atoms with Crippen molar-refractivity contribution in [3.05, 3.63) is 48.0 Å². The number of carbonyl (C=O) groups is 1. The predicted molar refractivity (Wildman–Crippen MR) is 112 cm³/mol. The zero-order valence-corrected chi connectivity index (χ0v) is 17.4. The SMILES string of the molecule is COc1cccc(-c2nc3cc(C(=O)CBr)ccc3n2CC(C)C)c1.Cl. The molecule has 0 spiro atoms. The van der Waals surface area contributed by atoms with Crippen LogP contribution in [0.5, 0.6) is 5.75 Å². The van der Waals surface area contributed by atoms with E-state index in [9.17, 15) is 4.79 Å². The zero-order valence-electron chi connectivity index (χ0n) is 15.0. The van der Waals surface area contributed by atoms with Crippen LogP contribution in [-0.4, -0.2) is 27.8 Å². The van der Waals surface area contributed by atoms with Crippen molar-refractivity contribution in [1.29, 1.82) is 0 Å². The van der Waals surface area contributed by atoms with Crippen LogP contribution in [0, 0.1) is 5.92 Å². The molecule has 0 aliphatic heterocycles. The molecule has 0 unspecified atom stereocenters. The monoisotopic (exact) mass is 436 g/mol. The quantitative estimate of drug-likeness (QED) is 0.385. The van der Waals surface area contributed by atoms with Gasteiger partial charge in [-0.15, -0.1) is 12.4 Å². The first-order chi connectivity index (χ1) is 12.0. The summed E-state index contributed by atoms with van der Waals surface area (Å²) in [4.78, 5) is 16.8. The smallest absolute Gasteiger partial charge is 0.173 e. The molecule has 0 saturated heterocycles. The van der Waals surface area contributed by atoms with Crippen molar-refractivity contribution < 1.29 is 9.53 Å². The normalized spacial score (nSPS) is 10.8. The minimum absolute atomic E-state index is 0. The highest BCUT2D eigenvalue weighted by Gasteiger charge is 2.16. The fraction of sp³-hybridized carbons (Fsp3) is 0.300. The predicted octanol–water partition coefficient (Wildman–Crippen LogP) is 5.37.